The second-order valence-corrected chi connectivity index (χ2v) is 4.80. The number of hydrogen-bond donors (Lipinski definition) is 2. The molecule has 1 fully saturated rings. The number of anilines is 1. The number of fused-ring (bicyclic) bond motifs is 1. The van der Waals surface area contributed by atoms with Crippen molar-refractivity contribution < 1.29 is 0 Å². The van der Waals surface area contributed by atoms with E-state index in [0.717, 1.165) is 31.0 Å². The molecule has 1 aliphatic carbocycles. The Hall–Kier alpha value is -0.870. The monoisotopic (exact) mass is 238 g/mol. The molecular formula is C11H15ClN4. The molecule has 1 saturated carbocycles. The lowest BCUT2D eigenvalue weighted by Gasteiger charge is -2.29. The van der Waals surface area contributed by atoms with Gasteiger partial charge in [-0.05, 0) is 43.8 Å². The van der Waals surface area contributed by atoms with Gasteiger partial charge < -0.3 is 10.6 Å². The first-order chi connectivity index (χ1) is 7.83. The molecule has 2 aliphatic rings. The van der Waals surface area contributed by atoms with Crippen molar-refractivity contribution in [1.29, 1.82) is 0 Å². The van der Waals surface area contributed by atoms with Gasteiger partial charge in [0, 0.05) is 18.2 Å². The third kappa shape index (κ3) is 1.87. The van der Waals surface area contributed by atoms with Gasteiger partial charge in [0.25, 0.3) is 0 Å². The summed E-state index contributed by atoms with van der Waals surface area (Å²) in [5.74, 6) is 0.959. The standard InChI is InChI=1S/C11H15ClN4/c12-11-15-9-6-13-5-4-8(9)10(16-11)14-7-2-1-3-7/h7,13H,1-6H2,(H,14,15,16). The van der Waals surface area contributed by atoms with Crippen molar-refractivity contribution >= 4 is 17.4 Å². The van der Waals surface area contributed by atoms with Gasteiger partial charge in [-0.2, -0.15) is 0 Å². The van der Waals surface area contributed by atoms with Crippen molar-refractivity contribution in [3.05, 3.63) is 16.5 Å². The van der Waals surface area contributed by atoms with Crippen molar-refractivity contribution in [3.8, 4) is 0 Å². The molecule has 0 aromatic carbocycles. The van der Waals surface area contributed by atoms with Crippen LogP contribution in [-0.2, 0) is 13.0 Å². The highest BCUT2D eigenvalue weighted by Crippen LogP contribution is 2.27. The molecule has 16 heavy (non-hydrogen) atoms. The zero-order valence-corrected chi connectivity index (χ0v) is 9.85. The lowest BCUT2D eigenvalue weighted by Crippen LogP contribution is -2.31. The Balaban J connectivity index is 1.91. The Kier molecular flexibility index (Phi) is 2.69. The number of aromatic nitrogens is 2. The molecule has 0 saturated heterocycles. The maximum absolute atomic E-state index is 5.94. The van der Waals surface area contributed by atoms with Gasteiger partial charge in [0.2, 0.25) is 5.28 Å². The van der Waals surface area contributed by atoms with Crippen LogP contribution in [-0.4, -0.2) is 22.6 Å². The van der Waals surface area contributed by atoms with Gasteiger partial charge in [0.1, 0.15) is 5.82 Å². The summed E-state index contributed by atoms with van der Waals surface area (Å²) in [4.78, 5) is 8.60. The van der Waals surface area contributed by atoms with Crippen molar-refractivity contribution in [2.24, 2.45) is 0 Å². The first-order valence-corrected chi connectivity index (χ1v) is 6.23. The Labute approximate surface area is 99.8 Å². The molecule has 3 rings (SSSR count). The lowest BCUT2D eigenvalue weighted by atomic mass is 9.93. The Morgan fingerprint density at radius 1 is 1.31 bits per heavy atom. The average molecular weight is 239 g/mol. The third-order valence-corrected chi connectivity index (χ3v) is 3.52. The molecule has 1 aromatic rings. The highest BCUT2D eigenvalue weighted by Gasteiger charge is 2.22. The van der Waals surface area contributed by atoms with Crippen LogP contribution in [0.15, 0.2) is 0 Å². The molecular weight excluding hydrogens is 224 g/mol. The summed E-state index contributed by atoms with van der Waals surface area (Å²) in [6.07, 6.45) is 4.80. The topological polar surface area (TPSA) is 49.8 Å². The molecule has 0 atom stereocenters. The fraction of sp³-hybridized carbons (Fsp3) is 0.636. The molecule has 1 aliphatic heterocycles. The molecule has 2 N–H and O–H groups in total. The third-order valence-electron chi connectivity index (χ3n) is 3.36. The minimum absolute atomic E-state index is 0.351. The van der Waals surface area contributed by atoms with Gasteiger partial charge in [-0.3, -0.25) is 0 Å². The van der Waals surface area contributed by atoms with E-state index in [1.165, 1.54) is 24.8 Å². The van der Waals surface area contributed by atoms with Crippen molar-refractivity contribution in [2.75, 3.05) is 11.9 Å². The van der Waals surface area contributed by atoms with Crippen LogP contribution in [0, 0.1) is 0 Å². The molecule has 0 radical (unpaired) electrons. The van der Waals surface area contributed by atoms with Crippen molar-refractivity contribution in [1.82, 2.24) is 15.3 Å². The summed E-state index contributed by atoms with van der Waals surface area (Å²) < 4.78 is 0. The molecule has 0 amide bonds. The average Bonchev–Trinajstić information content (AvgIpc) is 2.23. The zero-order valence-electron chi connectivity index (χ0n) is 9.09. The normalized spacial score (nSPS) is 20.1. The van der Waals surface area contributed by atoms with Gasteiger partial charge in [-0.15, -0.1) is 0 Å². The Bertz CT molecular complexity index is 403. The first-order valence-electron chi connectivity index (χ1n) is 5.85. The summed E-state index contributed by atoms with van der Waals surface area (Å²) >= 11 is 5.94. The van der Waals surface area contributed by atoms with Gasteiger partial charge in [0.05, 0.1) is 5.69 Å². The van der Waals surface area contributed by atoms with Gasteiger partial charge in [-0.1, -0.05) is 0 Å². The summed E-state index contributed by atoms with van der Waals surface area (Å²) in [6, 6.07) is 0.588. The second-order valence-electron chi connectivity index (χ2n) is 4.47. The molecule has 0 bridgehead atoms. The fourth-order valence-electron chi connectivity index (χ4n) is 2.19. The van der Waals surface area contributed by atoms with Crippen LogP contribution in [0.1, 0.15) is 30.5 Å². The minimum atomic E-state index is 0.351. The number of rotatable bonds is 2. The van der Waals surface area contributed by atoms with Crippen molar-refractivity contribution in [3.63, 3.8) is 0 Å². The minimum Gasteiger partial charge on any atom is -0.367 e. The summed E-state index contributed by atoms with van der Waals surface area (Å²) in [7, 11) is 0. The molecule has 0 unspecified atom stereocenters. The van der Waals surface area contributed by atoms with E-state index in [9.17, 15) is 0 Å². The SMILES string of the molecule is Clc1nc2c(c(NC3CCC3)n1)CCNC2. The van der Waals surface area contributed by atoms with E-state index in [4.69, 9.17) is 11.6 Å². The quantitative estimate of drug-likeness (QED) is 0.771. The Morgan fingerprint density at radius 3 is 2.94 bits per heavy atom. The van der Waals surface area contributed by atoms with Crippen LogP contribution in [0.4, 0.5) is 5.82 Å². The lowest BCUT2D eigenvalue weighted by molar-refractivity contribution is 0.443. The maximum Gasteiger partial charge on any atom is 0.224 e. The van der Waals surface area contributed by atoms with Crippen LogP contribution in [0.25, 0.3) is 0 Å². The molecule has 1 aromatic heterocycles. The maximum atomic E-state index is 5.94. The zero-order chi connectivity index (χ0) is 11.0. The highest BCUT2D eigenvalue weighted by atomic mass is 35.5. The van der Waals surface area contributed by atoms with Crippen LogP contribution < -0.4 is 10.6 Å². The van der Waals surface area contributed by atoms with E-state index in [2.05, 4.69) is 20.6 Å². The number of nitrogens with one attached hydrogen (secondary N) is 2. The molecule has 86 valence electrons. The van der Waals surface area contributed by atoms with E-state index >= 15 is 0 Å². The molecule has 4 nitrogen and oxygen atoms in total. The van der Waals surface area contributed by atoms with E-state index in [1.54, 1.807) is 0 Å². The van der Waals surface area contributed by atoms with Crippen LogP contribution in [0.2, 0.25) is 5.28 Å². The highest BCUT2D eigenvalue weighted by molar-refractivity contribution is 6.28. The van der Waals surface area contributed by atoms with Crippen molar-refractivity contribution in [2.45, 2.75) is 38.3 Å². The van der Waals surface area contributed by atoms with Crippen LogP contribution >= 0.6 is 11.6 Å². The molecule has 5 heteroatoms. The van der Waals surface area contributed by atoms with E-state index < -0.39 is 0 Å². The van der Waals surface area contributed by atoms with E-state index in [0.29, 0.717) is 11.3 Å². The number of halogens is 1. The number of nitrogens with zero attached hydrogens (tertiary/aromatic N) is 2. The first kappa shape index (κ1) is 10.3. The van der Waals surface area contributed by atoms with E-state index in [1.807, 2.05) is 0 Å². The van der Waals surface area contributed by atoms with Gasteiger partial charge >= 0.3 is 0 Å². The summed E-state index contributed by atoms with van der Waals surface area (Å²) in [5, 5.41) is 7.14. The predicted octanol–water partition coefficient (Wildman–Crippen LogP) is 1.74. The summed E-state index contributed by atoms with van der Waals surface area (Å²) in [6.45, 7) is 1.80. The molecule has 0 spiro atoms. The van der Waals surface area contributed by atoms with E-state index in [-0.39, 0.29) is 0 Å². The largest absolute Gasteiger partial charge is 0.367 e. The van der Waals surface area contributed by atoms with Gasteiger partial charge in [-0.25, -0.2) is 9.97 Å². The van der Waals surface area contributed by atoms with Crippen LogP contribution in [0.5, 0.6) is 0 Å². The smallest absolute Gasteiger partial charge is 0.224 e. The summed E-state index contributed by atoms with van der Waals surface area (Å²) in [5.41, 5.74) is 2.29. The van der Waals surface area contributed by atoms with Gasteiger partial charge in [0.15, 0.2) is 0 Å². The van der Waals surface area contributed by atoms with Crippen LogP contribution in [0.3, 0.4) is 0 Å². The Morgan fingerprint density at radius 2 is 2.19 bits per heavy atom. The predicted molar refractivity (Wildman–Crippen MR) is 63.7 cm³/mol. The second kappa shape index (κ2) is 4.18. The molecule has 2 heterocycles. The number of hydrogen-bond acceptors (Lipinski definition) is 4. The fourth-order valence-corrected chi connectivity index (χ4v) is 2.38.